The summed E-state index contributed by atoms with van der Waals surface area (Å²) in [6.45, 7) is 0. The molecule has 1 amide bonds. The van der Waals surface area contributed by atoms with Crippen LogP contribution in [0.5, 0.6) is 0 Å². The summed E-state index contributed by atoms with van der Waals surface area (Å²) in [5.74, 6) is 0.0444. The number of carbonyl (C=O) groups is 1. The molecule has 4 heteroatoms. The molecule has 72 valence electrons. The van der Waals surface area contributed by atoms with Gasteiger partial charge in [0, 0.05) is 11.5 Å². The fourth-order valence-electron chi connectivity index (χ4n) is 1.33. The third-order valence-corrected chi connectivity index (χ3v) is 2.66. The zero-order chi connectivity index (χ0) is 10.1. The van der Waals surface area contributed by atoms with Gasteiger partial charge in [0.15, 0.2) is 0 Å². The molecule has 0 radical (unpaired) electrons. The van der Waals surface area contributed by atoms with Crippen molar-refractivity contribution in [2.24, 2.45) is 5.10 Å². The highest BCUT2D eigenvalue weighted by molar-refractivity contribution is 9.10. The average molecular weight is 253 g/mol. The highest BCUT2D eigenvalue weighted by Crippen LogP contribution is 2.16. The maximum absolute atomic E-state index is 11.2. The van der Waals surface area contributed by atoms with Crippen LogP contribution in [0, 0.1) is 0 Å². The maximum Gasteiger partial charge on any atom is 0.248 e. The lowest BCUT2D eigenvalue weighted by Crippen LogP contribution is -2.14. The van der Waals surface area contributed by atoms with Gasteiger partial charge in [-0.05, 0) is 17.7 Å². The van der Waals surface area contributed by atoms with Crippen molar-refractivity contribution in [3.05, 3.63) is 34.3 Å². The quantitative estimate of drug-likeness (QED) is 0.753. The predicted molar refractivity (Wildman–Crippen MR) is 58.1 cm³/mol. The lowest BCUT2D eigenvalue weighted by atomic mass is 10.1. The minimum atomic E-state index is 0.0444. The number of hydrogen-bond donors (Lipinski definition) is 0. The van der Waals surface area contributed by atoms with E-state index >= 15 is 0 Å². The van der Waals surface area contributed by atoms with Gasteiger partial charge in [-0.25, -0.2) is 5.01 Å². The standard InChI is InChI=1S/C10H9BrN2O/c1-13-10(14)6-9(12-13)7-2-4-8(11)5-3-7/h2-5H,6H2,1H3. The molecule has 2 rings (SSSR count). The van der Waals surface area contributed by atoms with Gasteiger partial charge in [0.1, 0.15) is 0 Å². The highest BCUT2D eigenvalue weighted by atomic mass is 79.9. The van der Waals surface area contributed by atoms with Crippen LogP contribution in [-0.2, 0) is 4.79 Å². The summed E-state index contributed by atoms with van der Waals surface area (Å²) in [5.41, 5.74) is 1.84. The summed E-state index contributed by atoms with van der Waals surface area (Å²) in [6.07, 6.45) is 0.401. The molecule has 0 aromatic heterocycles. The molecule has 1 aliphatic heterocycles. The maximum atomic E-state index is 11.2. The van der Waals surface area contributed by atoms with Crippen LogP contribution in [0.4, 0.5) is 0 Å². The van der Waals surface area contributed by atoms with Crippen molar-refractivity contribution in [1.29, 1.82) is 0 Å². The van der Waals surface area contributed by atoms with Crippen molar-refractivity contribution in [2.75, 3.05) is 7.05 Å². The normalized spacial score (nSPS) is 16.0. The van der Waals surface area contributed by atoms with Crippen LogP contribution in [-0.4, -0.2) is 23.7 Å². The Kier molecular flexibility index (Phi) is 2.37. The molecule has 0 spiro atoms. The van der Waals surface area contributed by atoms with Crippen LogP contribution in [0.25, 0.3) is 0 Å². The molecule has 0 unspecified atom stereocenters. The molecule has 0 fully saturated rings. The van der Waals surface area contributed by atoms with E-state index < -0.39 is 0 Å². The van der Waals surface area contributed by atoms with E-state index in [0.717, 1.165) is 15.7 Å². The fraction of sp³-hybridized carbons (Fsp3) is 0.200. The Balaban J connectivity index is 2.29. The lowest BCUT2D eigenvalue weighted by molar-refractivity contribution is -0.127. The third kappa shape index (κ3) is 1.70. The second-order valence-electron chi connectivity index (χ2n) is 3.15. The molecule has 1 heterocycles. The van der Waals surface area contributed by atoms with Gasteiger partial charge in [0.05, 0.1) is 12.1 Å². The van der Waals surface area contributed by atoms with Gasteiger partial charge in [-0.1, -0.05) is 28.1 Å². The summed E-state index contributed by atoms with van der Waals surface area (Å²) in [7, 11) is 1.67. The Hall–Kier alpha value is -1.16. The predicted octanol–water partition coefficient (Wildman–Crippen LogP) is 2.02. The average Bonchev–Trinajstić information content (AvgIpc) is 2.48. The summed E-state index contributed by atoms with van der Waals surface area (Å²) < 4.78 is 1.03. The van der Waals surface area contributed by atoms with Gasteiger partial charge in [-0.15, -0.1) is 0 Å². The number of amides is 1. The number of hydrazone groups is 1. The first kappa shape index (κ1) is 9.40. The zero-order valence-electron chi connectivity index (χ0n) is 7.70. The van der Waals surface area contributed by atoms with E-state index in [0.29, 0.717) is 6.42 Å². The van der Waals surface area contributed by atoms with Gasteiger partial charge < -0.3 is 0 Å². The molecule has 0 saturated carbocycles. The zero-order valence-corrected chi connectivity index (χ0v) is 9.28. The largest absolute Gasteiger partial charge is 0.273 e. The monoisotopic (exact) mass is 252 g/mol. The van der Waals surface area contributed by atoms with E-state index in [1.54, 1.807) is 7.05 Å². The molecule has 1 aliphatic rings. The molecule has 1 aromatic rings. The van der Waals surface area contributed by atoms with Crippen LogP contribution in [0.15, 0.2) is 33.8 Å². The van der Waals surface area contributed by atoms with E-state index in [1.165, 1.54) is 5.01 Å². The second-order valence-corrected chi connectivity index (χ2v) is 4.06. The van der Waals surface area contributed by atoms with Crippen LogP contribution in [0.2, 0.25) is 0 Å². The minimum Gasteiger partial charge on any atom is -0.273 e. The van der Waals surface area contributed by atoms with Gasteiger partial charge in [0.2, 0.25) is 5.91 Å². The molecule has 0 aliphatic carbocycles. The summed E-state index contributed by atoms with van der Waals surface area (Å²) in [6, 6.07) is 7.80. The SMILES string of the molecule is CN1N=C(c2ccc(Br)cc2)CC1=O. The topological polar surface area (TPSA) is 32.7 Å². The third-order valence-electron chi connectivity index (χ3n) is 2.13. The van der Waals surface area contributed by atoms with Crippen LogP contribution < -0.4 is 0 Å². The van der Waals surface area contributed by atoms with Gasteiger partial charge >= 0.3 is 0 Å². The van der Waals surface area contributed by atoms with Crippen molar-refractivity contribution in [2.45, 2.75) is 6.42 Å². The summed E-state index contributed by atoms with van der Waals surface area (Å²) in [4.78, 5) is 11.2. The fourth-order valence-corrected chi connectivity index (χ4v) is 1.60. The van der Waals surface area contributed by atoms with E-state index in [2.05, 4.69) is 21.0 Å². The second kappa shape index (κ2) is 3.53. The summed E-state index contributed by atoms with van der Waals surface area (Å²) in [5, 5.41) is 5.54. The van der Waals surface area contributed by atoms with E-state index in [9.17, 15) is 4.79 Å². The number of halogens is 1. The first-order chi connectivity index (χ1) is 6.66. The number of carbonyl (C=O) groups excluding carboxylic acids is 1. The molecule has 0 N–H and O–H groups in total. The molecule has 1 aromatic carbocycles. The van der Waals surface area contributed by atoms with Crippen LogP contribution >= 0.6 is 15.9 Å². The van der Waals surface area contributed by atoms with E-state index in [1.807, 2.05) is 24.3 Å². The highest BCUT2D eigenvalue weighted by Gasteiger charge is 2.20. The van der Waals surface area contributed by atoms with E-state index in [-0.39, 0.29) is 5.91 Å². The van der Waals surface area contributed by atoms with Gasteiger partial charge in [-0.2, -0.15) is 5.10 Å². The molecule has 14 heavy (non-hydrogen) atoms. The molecule has 0 saturated heterocycles. The smallest absolute Gasteiger partial charge is 0.248 e. The van der Waals surface area contributed by atoms with Crippen molar-refractivity contribution < 1.29 is 4.79 Å². The Labute approximate surface area is 90.5 Å². The first-order valence-corrected chi connectivity index (χ1v) is 5.06. The molecular formula is C10H9BrN2O. The van der Waals surface area contributed by atoms with E-state index in [4.69, 9.17) is 0 Å². The molecular weight excluding hydrogens is 244 g/mol. The van der Waals surface area contributed by atoms with Gasteiger partial charge in [0.25, 0.3) is 0 Å². The Morgan fingerprint density at radius 1 is 1.36 bits per heavy atom. The lowest BCUT2D eigenvalue weighted by Gasteiger charge is -1.99. The Morgan fingerprint density at radius 3 is 2.50 bits per heavy atom. The van der Waals surface area contributed by atoms with Crippen LogP contribution in [0.3, 0.4) is 0 Å². The van der Waals surface area contributed by atoms with Crippen molar-refractivity contribution in [3.8, 4) is 0 Å². The van der Waals surface area contributed by atoms with Crippen molar-refractivity contribution >= 4 is 27.5 Å². The minimum absolute atomic E-state index is 0.0444. The van der Waals surface area contributed by atoms with Crippen LogP contribution in [0.1, 0.15) is 12.0 Å². The van der Waals surface area contributed by atoms with Crippen molar-refractivity contribution in [1.82, 2.24) is 5.01 Å². The Bertz CT molecular complexity index is 397. The van der Waals surface area contributed by atoms with Gasteiger partial charge in [-0.3, -0.25) is 4.79 Å². The number of nitrogens with zero attached hydrogens (tertiary/aromatic N) is 2. The molecule has 0 bridgehead atoms. The number of benzene rings is 1. The first-order valence-electron chi connectivity index (χ1n) is 4.27. The Morgan fingerprint density at radius 2 is 2.00 bits per heavy atom. The number of rotatable bonds is 1. The van der Waals surface area contributed by atoms with Crippen molar-refractivity contribution in [3.63, 3.8) is 0 Å². The molecule has 0 atom stereocenters. The number of hydrogen-bond acceptors (Lipinski definition) is 2. The molecule has 3 nitrogen and oxygen atoms in total. The summed E-state index contributed by atoms with van der Waals surface area (Å²) >= 11 is 3.36.